The number of nitrogens with one attached hydrogen (secondary N) is 1. The number of ether oxygens (including phenoxy) is 3. The van der Waals surface area contributed by atoms with Gasteiger partial charge in [-0.05, 0) is 53.9 Å². The van der Waals surface area contributed by atoms with Crippen molar-refractivity contribution >= 4 is 11.8 Å². The van der Waals surface area contributed by atoms with Crippen molar-refractivity contribution in [1.29, 1.82) is 0 Å². The molecule has 0 saturated carbocycles. The molecular weight excluding hydrogens is 480 g/mol. The van der Waals surface area contributed by atoms with Crippen molar-refractivity contribution in [3.8, 4) is 11.5 Å². The van der Waals surface area contributed by atoms with Crippen LogP contribution >= 0.6 is 0 Å². The average Bonchev–Trinajstić information content (AvgIpc) is 3.35. The number of carbonyl (C=O) groups is 1. The van der Waals surface area contributed by atoms with Crippen LogP contribution in [0.1, 0.15) is 35.6 Å². The first kappa shape index (κ1) is 26.9. The number of benzene rings is 3. The molecule has 4 rings (SSSR count). The molecule has 7 heteroatoms. The molecule has 0 aromatic heterocycles. The summed E-state index contributed by atoms with van der Waals surface area (Å²) in [5.74, 6) is 1.65. The molecule has 1 heterocycles. The van der Waals surface area contributed by atoms with E-state index in [-0.39, 0.29) is 12.5 Å². The summed E-state index contributed by atoms with van der Waals surface area (Å²) in [7, 11) is 1.64. The molecule has 198 valence electrons. The lowest BCUT2D eigenvalue weighted by Gasteiger charge is -2.29. The highest BCUT2D eigenvalue weighted by Crippen LogP contribution is 2.42. The van der Waals surface area contributed by atoms with Crippen LogP contribution in [0.3, 0.4) is 0 Å². The number of aliphatic imine (C=N–C) groups is 1. The van der Waals surface area contributed by atoms with Gasteiger partial charge in [0.25, 0.3) is 5.91 Å². The molecule has 2 N–H and O–H groups in total. The zero-order valence-corrected chi connectivity index (χ0v) is 21.6. The average molecular weight is 515 g/mol. The van der Waals surface area contributed by atoms with Gasteiger partial charge in [0.05, 0.1) is 13.7 Å². The Morgan fingerprint density at radius 2 is 1.89 bits per heavy atom. The molecule has 3 aromatic carbocycles. The predicted molar refractivity (Wildman–Crippen MR) is 148 cm³/mol. The predicted octanol–water partition coefficient (Wildman–Crippen LogP) is 4.65. The molecule has 1 aliphatic heterocycles. The van der Waals surface area contributed by atoms with Gasteiger partial charge in [0, 0.05) is 31.6 Å². The molecule has 2 atom stereocenters. The Labute approximate surface area is 223 Å². The summed E-state index contributed by atoms with van der Waals surface area (Å²) in [5, 5.41) is 12.1. The third kappa shape index (κ3) is 6.23. The van der Waals surface area contributed by atoms with Gasteiger partial charge in [-0.1, -0.05) is 48.5 Å². The maximum absolute atomic E-state index is 13.8. The fourth-order valence-corrected chi connectivity index (χ4v) is 4.46. The van der Waals surface area contributed by atoms with E-state index in [9.17, 15) is 4.79 Å². The van der Waals surface area contributed by atoms with Crippen LogP contribution in [0.4, 0.5) is 0 Å². The first-order valence-electron chi connectivity index (χ1n) is 12.8. The summed E-state index contributed by atoms with van der Waals surface area (Å²) in [4.78, 5) is 18.7. The number of aliphatic hydroxyl groups excluding tert-OH is 1. The maximum Gasteiger partial charge on any atom is 0.252 e. The molecule has 0 radical (unpaired) electrons. The molecule has 7 nitrogen and oxygen atoms in total. The number of amides is 1. The minimum atomic E-state index is -1.21. The second-order valence-electron chi connectivity index (χ2n) is 9.05. The first-order valence-corrected chi connectivity index (χ1v) is 12.8. The van der Waals surface area contributed by atoms with Crippen molar-refractivity contribution in [2.45, 2.75) is 30.9 Å². The number of aliphatic hydroxyl groups is 1. The summed E-state index contributed by atoms with van der Waals surface area (Å²) >= 11 is 0. The van der Waals surface area contributed by atoms with Gasteiger partial charge in [-0.3, -0.25) is 4.79 Å². The van der Waals surface area contributed by atoms with Crippen LogP contribution in [0.15, 0.2) is 96.5 Å². The van der Waals surface area contributed by atoms with E-state index in [0.29, 0.717) is 44.1 Å². The minimum Gasteiger partial charge on any atom is -0.497 e. The zero-order chi connectivity index (χ0) is 26.8. The molecule has 0 aliphatic carbocycles. The minimum absolute atomic E-state index is 0.0800. The summed E-state index contributed by atoms with van der Waals surface area (Å²) < 4.78 is 17.4. The standard InChI is InChI=1S/C31H34N2O5/c1-3-18-31(30(35)32-19-17-23-9-7-12-27(22-23)36-2)28(24-10-5-4-6-11-24)38-29(33-31)25-13-15-26(16-14-25)37-21-8-20-34/h3-7,9-16,22,28,34H,1,8,17-21H2,2H3,(H,32,35)/t28-,31-/m1/s1. The Morgan fingerprint density at radius 3 is 2.61 bits per heavy atom. The van der Waals surface area contributed by atoms with Crippen molar-refractivity contribution in [1.82, 2.24) is 5.32 Å². The largest absolute Gasteiger partial charge is 0.497 e. The fraction of sp³-hybridized carbons (Fsp3) is 0.290. The van der Waals surface area contributed by atoms with Crippen molar-refractivity contribution in [3.63, 3.8) is 0 Å². The maximum atomic E-state index is 13.8. The van der Waals surface area contributed by atoms with Crippen LogP contribution in [0.25, 0.3) is 0 Å². The van der Waals surface area contributed by atoms with Gasteiger partial charge in [0.2, 0.25) is 5.90 Å². The van der Waals surface area contributed by atoms with Crippen LogP contribution in [0.2, 0.25) is 0 Å². The topological polar surface area (TPSA) is 89.4 Å². The fourth-order valence-electron chi connectivity index (χ4n) is 4.46. The van der Waals surface area contributed by atoms with Crippen LogP contribution in [0, 0.1) is 0 Å². The van der Waals surface area contributed by atoms with E-state index < -0.39 is 11.6 Å². The smallest absolute Gasteiger partial charge is 0.252 e. The second kappa shape index (κ2) is 12.9. The Bertz CT molecular complexity index is 1240. The lowest BCUT2D eigenvalue weighted by molar-refractivity contribution is -0.128. The Morgan fingerprint density at radius 1 is 1.11 bits per heavy atom. The quantitative estimate of drug-likeness (QED) is 0.256. The normalized spacial score (nSPS) is 18.3. The van der Waals surface area contributed by atoms with Crippen LogP contribution in [-0.2, 0) is 16.0 Å². The van der Waals surface area contributed by atoms with E-state index >= 15 is 0 Å². The Hall–Kier alpha value is -4.10. The third-order valence-corrected chi connectivity index (χ3v) is 6.42. The van der Waals surface area contributed by atoms with Gasteiger partial charge in [0.1, 0.15) is 11.5 Å². The van der Waals surface area contributed by atoms with Gasteiger partial charge in [0.15, 0.2) is 11.6 Å². The highest BCUT2D eigenvalue weighted by Gasteiger charge is 2.52. The molecule has 0 bridgehead atoms. The van der Waals surface area contributed by atoms with Crippen molar-refractivity contribution in [3.05, 3.63) is 108 Å². The SMILES string of the molecule is C=CC[C@@]1(C(=O)NCCc2cccc(OC)c2)N=C(c2ccc(OCCCO)cc2)O[C@@H]1c1ccccc1. The lowest BCUT2D eigenvalue weighted by atomic mass is 9.84. The number of carbonyl (C=O) groups excluding carboxylic acids is 1. The Balaban J connectivity index is 1.58. The molecule has 38 heavy (non-hydrogen) atoms. The van der Waals surface area contributed by atoms with Gasteiger partial charge < -0.3 is 24.6 Å². The van der Waals surface area contributed by atoms with E-state index in [0.717, 1.165) is 22.4 Å². The number of rotatable bonds is 13. The second-order valence-corrected chi connectivity index (χ2v) is 9.05. The van der Waals surface area contributed by atoms with E-state index in [1.165, 1.54) is 0 Å². The highest BCUT2D eigenvalue weighted by molar-refractivity contribution is 6.01. The van der Waals surface area contributed by atoms with Crippen LogP contribution < -0.4 is 14.8 Å². The molecule has 0 spiro atoms. The van der Waals surface area contributed by atoms with Gasteiger partial charge in [-0.15, -0.1) is 6.58 Å². The summed E-state index contributed by atoms with van der Waals surface area (Å²) in [6.45, 7) is 4.87. The van der Waals surface area contributed by atoms with Crippen molar-refractivity contribution in [2.24, 2.45) is 4.99 Å². The van der Waals surface area contributed by atoms with E-state index in [4.69, 9.17) is 24.3 Å². The van der Waals surface area contributed by atoms with Crippen LogP contribution in [0.5, 0.6) is 11.5 Å². The first-order chi connectivity index (χ1) is 18.6. The van der Waals surface area contributed by atoms with Gasteiger partial charge in [-0.2, -0.15) is 0 Å². The van der Waals surface area contributed by atoms with Crippen molar-refractivity contribution in [2.75, 3.05) is 26.9 Å². The molecule has 0 unspecified atom stereocenters. The third-order valence-electron chi connectivity index (χ3n) is 6.42. The number of methoxy groups -OCH3 is 1. The van der Waals surface area contributed by atoms with Crippen molar-refractivity contribution < 1.29 is 24.1 Å². The van der Waals surface area contributed by atoms with Crippen LogP contribution in [-0.4, -0.2) is 49.3 Å². The number of hydrogen-bond donors (Lipinski definition) is 2. The molecule has 0 fully saturated rings. The van der Waals surface area contributed by atoms with E-state index in [1.54, 1.807) is 13.2 Å². The summed E-state index contributed by atoms with van der Waals surface area (Å²) in [6.07, 6.45) is 2.62. The summed E-state index contributed by atoms with van der Waals surface area (Å²) in [6, 6.07) is 24.9. The lowest BCUT2D eigenvalue weighted by Crippen LogP contribution is -2.48. The van der Waals surface area contributed by atoms with Gasteiger partial charge in [-0.25, -0.2) is 4.99 Å². The Kier molecular flexibility index (Phi) is 9.16. The van der Waals surface area contributed by atoms with Gasteiger partial charge >= 0.3 is 0 Å². The van der Waals surface area contributed by atoms with E-state index in [2.05, 4.69) is 11.9 Å². The zero-order valence-electron chi connectivity index (χ0n) is 21.6. The summed E-state index contributed by atoms with van der Waals surface area (Å²) in [5.41, 5.74) is 1.47. The monoisotopic (exact) mass is 514 g/mol. The number of hydrogen-bond acceptors (Lipinski definition) is 6. The molecule has 1 aliphatic rings. The molecule has 1 amide bonds. The number of nitrogens with zero attached hydrogens (tertiary/aromatic N) is 1. The molecule has 3 aromatic rings. The van der Waals surface area contributed by atoms with E-state index in [1.807, 2.05) is 78.9 Å². The molecular formula is C31H34N2O5. The molecule has 0 saturated heterocycles. The highest BCUT2D eigenvalue weighted by atomic mass is 16.5.